The predicted octanol–water partition coefficient (Wildman–Crippen LogP) is 5.73. The van der Waals surface area contributed by atoms with Gasteiger partial charge >= 0.3 is 0 Å². The minimum Gasteiger partial charge on any atom is -0.382 e. The fourth-order valence-electron chi connectivity index (χ4n) is 2.68. The molecule has 0 heterocycles. The summed E-state index contributed by atoms with van der Waals surface area (Å²) in [6.45, 7) is 4.51. The van der Waals surface area contributed by atoms with Gasteiger partial charge in [0.2, 0.25) is 0 Å². The lowest BCUT2D eigenvalue weighted by atomic mass is 10.0. The number of nitrogens with one attached hydrogen (secondary N) is 1. The van der Waals surface area contributed by atoms with Crippen LogP contribution in [0, 0.1) is 0 Å². The van der Waals surface area contributed by atoms with Gasteiger partial charge in [-0.1, -0.05) is 75.2 Å². The predicted molar refractivity (Wildman–Crippen MR) is 89.1 cm³/mol. The van der Waals surface area contributed by atoms with Gasteiger partial charge in [0.05, 0.1) is 0 Å². The van der Waals surface area contributed by atoms with Crippen molar-refractivity contribution in [2.45, 2.75) is 45.6 Å². The minimum atomic E-state index is 0.579. The van der Waals surface area contributed by atoms with Crippen LogP contribution in [0.5, 0.6) is 0 Å². The van der Waals surface area contributed by atoms with Crippen molar-refractivity contribution < 1.29 is 0 Å². The van der Waals surface area contributed by atoms with Crippen molar-refractivity contribution in [1.82, 2.24) is 0 Å². The molecule has 0 atom stereocenters. The molecular weight excluding hydrogens is 242 g/mol. The van der Waals surface area contributed by atoms with Crippen molar-refractivity contribution in [2.75, 3.05) is 5.32 Å². The summed E-state index contributed by atoms with van der Waals surface area (Å²) < 4.78 is 0. The van der Waals surface area contributed by atoms with E-state index in [1.54, 1.807) is 0 Å². The monoisotopic (exact) mass is 267 g/mol. The van der Waals surface area contributed by atoms with Crippen LogP contribution in [-0.2, 0) is 0 Å². The molecule has 0 saturated carbocycles. The molecule has 0 aromatic heterocycles. The first-order valence-corrected chi connectivity index (χ1v) is 7.76. The van der Waals surface area contributed by atoms with E-state index in [-0.39, 0.29) is 0 Å². The fraction of sp³-hybridized carbons (Fsp3) is 0.368. The molecule has 0 spiro atoms. The Morgan fingerprint density at radius 2 is 1.40 bits per heavy atom. The summed E-state index contributed by atoms with van der Waals surface area (Å²) in [6, 6.07) is 19.8. The molecule has 1 nitrogen and oxygen atoms in total. The maximum absolute atomic E-state index is 3.75. The van der Waals surface area contributed by atoms with Crippen LogP contribution in [0.25, 0.3) is 11.1 Å². The van der Waals surface area contributed by atoms with E-state index >= 15 is 0 Å². The Labute approximate surface area is 123 Å². The highest BCUT2D eigenvalue weighted by atomic mass is 14.9. The Kier molecular flexibility index (Phi) is 5.67. The summed E-state index contributed by atoms with van der Waals surface area (Å²) in [5, 5.41) is 3.75. The van der Waals surface area contributed by atoms with Crippen molar-refractivity contribution in [1.29, 1.82) is 0 Å². The first-order valence-electron chi connectivity index (χ1n) is 7.76. The largest absolute Gasteiger partial charge is 0.382 e. The van der Waals surface area contributed by atoms with Crippen LogP contribution in [-0.4, -0.2) is 6.04 Å². The highest BCUT2D eigenvalue weighted by Crippen LogP contribution is 2.29. The molecule has 0 amide bonds. The molecule has 0 unspecified atom stereocenters. The number of benzene rings is 2. The quantitative estimate of drug-likeness (QED) is 0.675. The number of anilines is 1. The molecule has 20 heavy (non-hydrogen) atoms. The lowest BCUT2D eigenvalue weighted by Crippen LogP contribution is -2.19. The van der Waals surface area contributed by atoms with Crippen LogP contribution < -0.4 is 5.32 Å². The van der Waals surface area contributed by atoms with Gasteiger partial charge in [-0.25, -0.2) is 0 Å². The molecule has 0 aliphatic carbocycles. The first-order chi connectivity index (χ1) is 9.85. The van der Waals surface area contributed by atoms with Gasteiger partial charge < -0.3 is 5.32 Å². The zero-order valence-corrected chi connectivity index (χ0v) is 12.6. The van der Waals surface area contributed by atoms with Crippen molar-refractivity contribution in [3.63, 3.8) is 0 Å². The van der Waals surface area contributed by atoms with Crippen LogP contribution in [0.15, 0.2) is 54.6 Å². The van der Waals surface area contributed by atoms with Crippen molar-refractivity contribution in [3.8, 4) is 11.1 Å². The van der Waals surface area contributed by atoms with E-state index in [9.17, 15) is 0 Å². The van der Waals surface area contributed by atoms with Gasteiger partial charge in [0.15, 0.2) is 0 Å². The lowest BCUT2D eigenvalue weighted by molar-refractivity contribution is 0.586. The Morgan fingerprint density at radius 1 is 0.800 bits per heavy atom. The van der Waals surface area contributed by atoms with Crippen LogP contribution >= 0.6 is 0 Å². The van der Waals surface area contributed by atoms with Gasteiger partial charge in [-0.05, 0) is 24.5 Å². The highest BCUT2D eigenvalue weighted by molar-refractivity contribution is 5.77. The van der Waals surface area contributed by atoms with Crippen molar-refractivity contribution in [3.05, 3.63) is 54.6 Å². The second-order valence-electron chi connectivity index (χ2n) is 5.33. The molecule has 1 heteroatoms. The summed E-state index contributed by atoms with van der Waals surface area (Å²) in [7, 11) is 0. The smallest absolute Gasteiger partial charge is 0.0422 e. The molecule has 0 fully saturated rings. The second kappa shape index (κ2) is 7.74. The Hall–Kier alpha value is -1.76. The molecule has 0 saturated heterocycles. The first kappa shape index (κ1) is 14.6. The summed E-state index contributed by atoms with van der Waals surface area (Å²) in [5.74, 6) is 0. The molecule has 0 bridgehead atoms. The van der Waals surface area contributed by atoms with E-state index in [2.05, 4.69) is 73.8 Å². The summed E-state index contributed by atoms with van der Waals surface area (Å²) in [6.07, 6.45) is 4.92. The van der Waals surface area contributed by atoms with E-state index in [4.69, 9.17) is 0 Å². The SMILES string of the molecule is CCCC(CCC)Nc1ccccc1-c1ccccc1. The fourth-order valence-corrected chi connectivity index (χ4v) is 2.68. The molecular formula is C19H25N. The molecule has 0 radical (unpaired) electrons. The Morgan fingerprint density at radius 3 is 2.05 bits per heavy atom. The maximum Gasteiger partial charge on any atom is 0.0422 e. The molecule has 2 aromatic carbocycles. The normalized spacial score (nSPS) is 10.8. The zero-order chi connectivity index (χ0) is 14.2. The molecule has 106 valence electrons. The van der Waals surface area contributed by atoms with Crippen molar-refractivity contribution >= 4 is 5.69 Å². The maximum atomic E-state index is 3.75. The topological polar surface area (TPSA) is 12.0 Å². The molecule has 0 aliphatic heterocycles. The third kappa shape index (κ3) is 3.86. The van der Waals surface area contributed by atoms with Gasteiger partial charge in [0.1, 0.15) is 0 Å². The minimum absolute atomic E-state index is 0.579. The van der Waals surface area contributed by atoms with Crippen LogP contribution in [0.1, 0.15) is 39.5 Å². The lowest BCUT2D eigenvalue weighted by Gasteiger charge is -2.21. The highest BCUT2D eigenvalue weighted by Gasteiger charge is 2.09. The van der Waals surface area contributed by atoms with Crippen LogP contribution in [0.3, 0.4) is 0 Å². The van der Waals surface area contributed by atoms with E-state index in [1.165, 1.54) is 42.5 Å². The average molecular weight is 267 g/mol. The van der Waals surface area contributed by atoms with Gasteiger partial charge in [0, 0.05) is 17.3 Å². The van der Waals surface area contributed by atoms with Gasteiger partial charge in [-0.3, -0.25) is 0 Å². The Balaban J connectivity index is 2.23. The number of para-hydroxylation sites is 1. The third-order valence-corrected chi connectivity index (χ3v) is 3.65. The van der Waals surface area contributed by atoms with Crippen LogP contribution in [0.2, 0.25) is 0 Å². The summed E-state index contributed by atoms with van der Waals surface area (Å²) in [5.41, 5.74) is 3.83. The van der Waals surface area contributed by atoms with Gasteiger partial charge in [0.25, 0.3) is 0 Å². The van der Waals surface area contributed by atoms with Crippen molar-refractivity contribution in [2.24, 2.45) is 0 Å². The number of rotatable bonds is 7. The third-order valence-electron chi connectivity index (χ3n) is 3.65. The van der Waals surface area contributed by atoms with E-state index in [0.717, 1.165) is 0 Å². The second-order valence-corrected chi connectivity index (χ2v) is 5.33. The van der Waals surface area contributed by atoms with Crippen LogP contribution in [0.4, 0.5) is 5.69 Å². The average Bonchev–Trinajstić information content (AvgIpc) is 2.49. The summed E-state index contributed by atoms with van der Waals surface area (Å²) >= 11 is 0. The Bertz CT molecular complexity index is 498. The molecule has 2 aromatic rings. The number of hydrogen-bond acceptors (Lipinski definition) is 1. The molecule has 1 N–H and O–H groups in total. The van der Waals surface area contributed by atoms with E-state index < -0.39 is 0 Å². The van der Waals surface area contributed by atoms with Gasteiger partial charge in [-0.2, -0.15) is 0 Å². The number of hydrogen-bond donors (Lipinski definition) is 1. The molecule has 0 aliphatic rings. The molecule has 2 rings (SSSR count). The summed E-state index contributed by atoms with van der Waals surface area (Å²) in [4.78, 5) is 0. The van der Waals surface area contributed by atoms with Gasteiger partial charge in [-0.15, -0.1) is 0 Å². The standard InChI is InChI=1S/C19H25N/c1-3-10-17(11-4-2)20-19-15-9-8-14-18(19)16-12-6-5-7-13-16/h5-9,12-15,17,20H,3-4,10-11H2,1-2H3. The zero-order valence-electron chi connectivity index (χ0n) is 12.6. The van der Waals surface area contributed by atoms with E-state index in [1.807, 2.05) is 0 Å². The van der Waals surface area contributed by atoms with E-state index in [0.29, 0.717) is 6.04 Å².